The fourth-order valence-electron chi connectivity index (χ4n) is 6.00. The van der Waals surface area contributed by atoms with Crippen LogP contribution in [-0.2, 0) is 22.4 Å². The summed E-state index contributed by atoms with van der Waals surface area (Å²) < 4.78 is 15.9. The molecule has 1 saturated heterocycles. The van der Waals surface area contributed by atoms with Crippen molar-refractivity contribution in [3.05, 3.63) is 93.5 Å². The lowest BCUT2D eigenvalue weighted by Crippen LogP contribution is -2.35. The number of aliphatic carboxylic acids is 1. The number of amides is 1. The Balaban J connectivity index is 1.50. The predicted octanol–water partition coefficient (Wildman–Crippen LogP) is 5.78. The van der Waals surface area contributed by atoms with Gasteiger partial charge in [0.2, 0.25) is 5.91 Å². The van der Waals surface area contributed by atoms with Gasteiger partial charge in [-0.1, -0.05) is 57.2 Å². The molecule has 0 unspecified atom stereocenters. The summed E-state index contributed by atoms with van der Waals surface area (Å²) in [6.45, 7) is 7.03. The van der Waals surface area contributed by atoms with Crippen LogP contribution in [0.15, 0.2) is 74.3 Å². The SMILES string of the molecule is CCCOc1ccc([C@H]2[C@H](C(=O)O)[C@@H](c3ccc4oc(=O)oc4c3)CN2CC(=O)Nc2c(CC)cccc2CC)cc1. The molecule has 9 heteroatoms. The van der Waals surface area contributed by atoms with Crippen LogP contribution < -0.4 is 15.9 Å². The van der Waals surface area contributed by atoms with E-state index in [1.807, 2.05) is 54.3 Å². The van der Waals surface area contributed by atoms with Crippen molar-refractivity contribution < 1.29 is 28.3 Å². The summed E-state index contributed by atoms with van der Waals surface area (Å²) in [5.41, 5.74) is 4.97. The Labute approximate surface area is 244 Å². The predicted molar refractivity (Wildman–Crippen MR) is 159 cm³/mol. The molecule has 0 spiro atoms. The summed E-state index contributed by atoms with van der Waals surface area (Å²) in [6, 6.07) is 17.9. The van der Waals surface area contributed by atoms with Gasteiger partial charge in [0.05, 0.1) is 19.1 Å². The zero-order valence-corrected chi connectivity index (χ0v) is 24.1. The number of carboxylic acids is 1. The fourth-order valence-corrected chi connectivity index (χ4v) is 6.00. The summed E-state index contributed by atoms with van der Waals surface area (Å²) in [7, 11) is 0. The van der Waals surface area contributed by atoms with Gasteiger partial charge in [-0.15, -0.1) is 0 Å². The van der Waals surface area contributed by atoms with Crippen molar-refractivity contribution >= 4 is 28.7 Å². The van der Waals surface area contributed by atoms with E-state index in [0.29, 0.717) is 30.0 Å². The summed E-state index contributed by atoms with van der Waals surface area (Å²) in [6.07, 6.45) is 2.42. The number of likely N-dealkylation sites (tertiary alicyclic amines) is 1. The van der Waals surface area contributed by atoms with Crippen LogP contribution in [0.2, 0.25) is 0 Å². The smallest absolute Gasteiger partial charge is 0.494 e. The molecule has 0 bridgehead atoms. The minimum absolute atomic E-state index is 0.00325. The van der Waals surface area contributed by atoms with E-state index in [1.54, 1.807) is 18.2 Å². The maximum Gasteiger partial charge on any atom is 0.519 e. The van der Waals surface area contributed by atoms with Crippen molar-refractivity contribution in [1.82, 2.24) is 4.90 Å². The molecule has 0 aliphatic carbocycles. The number of fused-ring (bicyclic) bond motifs is 1. The van der Waals surface area contributed by atoms with Gasteiger partial charge in [-0.3, -0.25) is 14.5 Å². The van der Waals surface area contributed by atoms with E-state index in [2.05, 4.69) is 19.2 Å². The summed E-state index contributed by atoms with van der Waals surface area (Å²) in [5, 5.41) is 13.7. The number of carbonyl (C=O) groups is 2. The largest absolute Gasteiger partial charge is 0.519 e. The first-order chi connectivity index (χ1) is 20.3. The van der Waals surface area contributed by atoms with Crippen LogP contribution in [0.3, 0.4) is 0 Å². The highest BCUT2D eigenvalue weighted by Crippen LogP contribution is 2.46. The topological polar surface area (TPSA) is 122 Å². The first kappa shape index (κ1) is 29.1. The normalized spacial score (nSPS) is 18.8. The summed E-state index contributed by atoms with van der Waals surface area (Å²) >= 11 is 0. The molecular formula is C33H36N2O7. The first-order valence-corrected chi connectivity index (χ1v) is 14.5. The second-order valence-corrected chi connectivity index (χ2v) is 10.6. The molecule has 220 valence electrons. The number of benzene rings is 3. The molecule has 3 atom stereocenters. The van der Waals surface area contributed by atoms with Crippen molar-refractivity contribution in [2.45, 2.75) is 52.0 Å². The minimum Gasteiger partial charge on any atom is -0.494 e. The zero-order chi connectivity index (χ0) is 29.8. The van der Waals surface area contributed by atoms with Gasteiger partial charge in [-0.2, -0.15) is 0 Å². The number of para-hydroxylation sites is 1. The lowest BCUT2D eigenvalue weighted by Gasteiger charge is -2.27. The fraction of sp³-hybridized carbons (Fsp3) is 0.364. The van der Waals surface area contributed by atoms with Gasteiger partial charge in [0.1, 0.15) is 5.75 Å². The first-order valence-electron chi connectivity index (χ1n) is 14.5. The number of carbonyl (C=O) groups excluding carboxylic acids is 1. The van der Waals surface area contributed by atoms with Gasteiger partial charge in [0.25, 0.3) is 0 Å². The number of rotatable bonds is 11. The van der Waals surface area contributed by atoms with Crippen LogP contribution in [0, 0.1) is 5.92 Å². The number of nitrogens with one attached hydrogen (secondary N) is 1. The number of aryl methyl sites for hydroxylation is 2. The van der Waals surface area contributed by atoms with Crippen molar-refractivity contribution in [2.24, 2.45) is 5.92 Å². The van der Waals surface area contributed by atoms with Gasteiger partial charge in [0.15, 0.2) is 11.2 Å². The maximum atomic E-state index is 13.6. The van der Waals surface area contributed by atoms with Crippen molar-refractivity contribution in [1.29, 1.82) is 0 Å². The second-order valence-electron chi connectivity index (χ2n) is 10.6. The molecule has 2 N–H and O–H groups in total. The molecule has 4 aromatic rings. The van der Waals surface area contributed by atoms with Gasteiger partial charge >= 0.3 is 11.8 Å². The Morgan fingerprint density at radius 1 is 0.952 bits per heavy atom. The molecule has 1 aromatic heterocycles. The Kier molecular flexibility index (Phi) is 8.77. The van der Waals surface area contributed by atoms with E-state index in [-0.39, 0.29) is 18.0 Å². The molecule has 2 heterocycles. The van der Waals surface area contributed by atoms with Crippen molar-refractivity contribution in [3.8, 4) is 5.75 Å². The van der Waals surface area contributed by atoms with E-state index >= 15 is 0 Å². The highest BCUT2D eigenvalue weighted by Gasteiger charge is 2.48. The molecule has 0 radical (unpaired) electrons. The average Bonchev–Trinajstić information content (AvgIpc) is 3.55. The van der Waals surface area contributed by atoms with E-state index < -0.39 is 29.7 Å². The van der Waals surface area contributed by atoms with E-state index in [9.17, 15) is 19.5 Å². The lowest BCUT2D eigenvalue weighted by molar-refractivity contribution is -0.143. The minimum atomic E-state index is -0.974. The number of carboxylic acid groups (broad SMARTS) is 1. The third-order valence-corrected chi connectivity index (χ3v) is 7.97. The summed E-state index contributed by atoms with van der Waals surface area (Å²) in [4.78, 5) is 40.0. The van der Waals surface area contributed by atoms with Crippen LogP contribution in [0.4, 0.5) is 5.69 Å². The second kappa shape index (κ2) is 12.7. The number of hydrogen-bond donors (Lipinski definition) is 2. The molecule has 0 saturated carbocycles. The highest BCUT2D eigenvalue weighted by atomic mass is 16.6. The summed E-state index contributed by atoms with van der Waals surface area (Å²) in [5.74, 6) is -2.64. The maximum absolute atomic E-state index is 13.6. The van der Waals surface area contributed by atoms with Crippen molar-refractivity contribution in [3.63, 3.8) is 0 Å². The molecule has 3 aromatic carbocycles. The molecule has 9 nitrogen and oxygen atoms in total. The Hall–Kier alpha value is -4.37. The molecule has 1 aliphatic heterocycles. The molecule has 5 rings (SSSR count). The van der Waals surface area contributed by atoms with E-state index in [1.165, 1.54) is 0 Å². The number of anilines is 1. The Morgan fingerprint density at radius 2 is 1.62 bits per heavy atom. The van der Waals surface area contributed by atoms with Gasteiger partial charge < -0.3 is 24.0 Å². The van der Waals surface area contributed by atoms with Crippen molar-refractivity contribution in [2.75, 3.05) is 25.0 Å². The number of hydrogen-bond acceptors (Lipinski definition) is 7. The number of nitrogens with zero attached hydrogens (tertiary/aromatic N) is 1. The van der Waals surface area contributed by atoms with Crippen LogP contribution >= 0.6 is 0 Å². The number of ether oxygens (including phenoxy) is 1. The Morgan fingerprint density at radius 3 is 2.26 bits per heavy atom. The van der Waals surface area contributed by atoms with Gasteiger partial charge in [-0.25, -0.2) is 4.79 Å². The van der Waals surface area contributed by atoms with Gasteiger partial charge in [0, 0.05) is 24.2 Å². The molecule has 1 fully saturated rings. The lowest BCUT2D eigenvalue weighted by atomic mass is 9.83. The standard InChI is InChI=1S/C33H36N2O7/c1-4-16-40-24-13-10-22(11-14-24)31-29(32(37)38)25(23-12-15-26-27(17-23)42-33(39)41-26)18-35(31)19-28(36)34-30-20(5-2)8-7-9-21(30)6-3/h7-15,17,25,29,31H,4-6,16,18-19H2,1-3H3,(H,34,36)(H,37,38)/t25-,29-,31+/m1/s1. The average molecular weight is 573 g/mol. The van der Waals surface area contributed by atoms with Crippen LogP contribution in [0.1, 0.15) is 61.4 Å². The quantitative estimate of drug-likeness (QED) is 0.232. The Bertz CT molecular complexity index is 1600. The van der Waals surface area contributed by atoms with E-state index in [4.69, 9.17) is 13.6 Å². The monoisotopic (exact) mass is 572 g/mol. The van der Waals surface area contributed by atoms with E-state index in [0.717, 1.165) is 41.6 Å². The highest BCUT2D eigenvalue weighted by molar-refractivity contribution is 5.94. The van der Waals surface area contributed by atoms with Crippen LogP contribution in [-0.4, -0.2) is 41.6 Å². The molecule has 42 heavy (non-hydrogen) atoms. The molecule has 1 aliphatic rings. The van der Waals surface area contributed by atoms with Crippen LogP contribution in [0.5, 0.6) is 5.75 Å². The molecule has 1 amide bonds. The van der Waals surface area contributed by atoms with Gasteiger partial charge in [-0.05, 0) is 65.8 Å². The molecular weight excluding hydrogens is 536 g/mol. The third-order valence-electron chi connectivity index (χ3n) is 7.97. The zero-order valence-electron chi connectivity index (χ0n) is 24.1. The third kappa shape index (κ3) is 5.97. The van der Waals surface area contributed by atoms with Crippen LogP contribution in [0.25, 0.3) is 11.2 Å².